The van der Waals surface area contributed by atoms with Gasteiger partial charge in [0, 0.05) is 13.7 Å². The summed E-state index contributed by atoms with van der Waals surface area (Å²) in [7, 11) is 1.71. The third kappa shape index (κ3) is 4.52. The highest BCUT2D eigenvalue weighted by Crippen LogP contribution is 2.09. The van der Waals surface area contributed by atoms with E-state index in [0.717, 1.165) is 19.4 Å². The SMILES string of the molecule is C=[C]CCC(OC)C(C)OCC. The van der Waals surface area contributed by atoms with Crippen LogP contribution >= 0.6 is 0 Å². The van der Waals surface area contributed by atoms with Crippen molar-refractivity contribution >= 4 is 0 Å². The summed E-state index contributed by atoms with van der Waals surface area (Å²) in [6, 6.07) is 0. The molecule has 0 aliphatic rings. The van der Waals surface area contributed by atoms with Crippen LogP contribution in [0.2, 0.25) is 0 Å². The standard InChI is InChI=1S/C10H19O2/c1-5-7-8-10(11-4)9(3)12-6-2/h9-10H,1,6-8H2,2-4H3. The normalized spacial score (nSPS) is 15.6. The Morgan fingerprint density at radius 3 is 2.58 bits per heavy atom. The minimum atomic E-state index is 0.161. The van der Waals surface area contributed by atoms with Crippen LogP contribution in [0.1, 0.15) is 26.7 Å². The van der Waals surface area contributed by atoms with Gasteiger partial charge in [-0.3, -0.25) is 0 Å². The highest BCUT2D eigenvalue weighted by atomic mass is 16.5. The lowest BCUT2D eigenvalue weighted by Gasteiger charge is -2.21. The van der Waals surface area contributed by atoms with Gasteiger partial charge in [0.25, 0.3) is 0 Å². The Balaban J connectivity index is 3.69. The molecule has 0 heterocycles. The van der Waals surface area contributed by atoms with E-state index in [1.165, 1.54) is 0 Å². The molecule has 0 rings (SSSR count). The molecule has 2 heteroatoms. The van der Waals surface area contributed by atoms with Crippen molar-refractivity contribution in [3.05, 3.63) is 12.7 Å². The van der Waals surface area contributed by atoms with Crippen molar-refractivity contribution in [3.8, 4) is 0 Å². The number of hydrogen-bond acceptors (Lipinski definition) is 2. The lowest BCUT2D eigenvalue weighted by molar-refractivity contribution is -0.0458. The van der Waals surface area contributed by atoms with E-state index < -0.39 is 0 Å². The van der Waals surface area contributed by atoms with Crippen LogP contribution < -0.4 is 0 Å². The Labute approximate surface area is 75.6 Å². The molecular formula is C10H19O2. The first-order valence-electron chi connectivity index (χ1n) is 4.40. The average molecular weight is 171 g/mol. The second-order valence-corrected chi connectivity index (χ2v) is 2.72. The molecule has 12 heavy (non-hydrogen) atoms. The van der Waals surface area contributed by atoms with Gasteiger partial charge in [0.15, 0.2) is 0 Å². The van der Waals surface area contributed by atoms with Crippen LogP contribution in [0.4, 0.5) is 0 Å². The molecule has 1 radical (unpaired) electrons. The van der Waals surface area contributed by atoms with E-state index in [9.17, 15) is 0 Å². The Kier molecular flexibility index (Phi) is 7.11. The number of rotatable bonds is 7. The van der Waals surface area contributed by atoms with Gasteiger partial charge >= 0.3 is 0 Å². The van der Waals surface area contributed by atoms with Crippen molar-refractivity contribution in [2.24, 2.45) is 0 Å². The predicted octanol–water partition coefficient (Wildman–Crippen LogP) is 2.20. The fourth-order valence-corrected chi connectivity index (χ4v) is 1.16. The maximum absolute atomic E-state index is 5.42. The highest BCUT2D eigenvalue weighted by Gasteiger charge is 2.15. The molecule has 0 aromatic heterocycles. The zero-order chi connectivity index (χ0) is 9.40. The van der Waals surface area contributed by atoms with E-state index in [0.29, 0.717) is 0 Å². The summed E-state index contributed by atoms with van der Waals surface area (Å²) in [4.78, 5) is 0. The molecular weight excluding hydrogens is 152 g/mol. The van der Waals surface area contributed by atoms with Crippen LogP contribution in [0.3, 0.4) is 0 Å². The van der Waals surface area contributed by atoms with Crippen LogP contribution in [0, 0.1) is 6.08 Å². The smallest absolute Gasteiger partial charge is 0.0833 e. The predicted molar refractivity (Wildman–Crippen MR) is 50.0 cm³/mol. The molecule has 2 nitrogen and oxygen atoms in total. The minimum Gasteiger partial charge on any atom is -0.379 e. The number of allylic oxidation sites excluding steroid dienone is 1. The van der Waals surface area contributed by atoms with E-state index >= 15 is 0 Å². The molecule has 0 aromatic carbocycles. The molecule has 0 fully saturated rings. The fourth-order valence-electron chi connectivity index (χ4n) is 1.16. The van der Waals surface area contributed by atoms with Crippen molar-refractivity contribution in [2.75, 3.05) is 13.7 Å². The van der Waals surface area contributed by atoms with Gasteiger partial charge in [0.1, 0.15) is 0 Å². The van der Waals surface area contributed by atoms with Gasteiger partial charge in [0.05, 0.1) is 12.2 Å². The molecule has 0 aliphatic heterocycles. The van der Waals surface area contributed by atoms with E-state index in [1.807, 2.05) is 13.8 Å². The summed E-state index contributed by atoms with van der Waals surface area (Å²) in [5.74, 6) is 0. The first-order valence-corrected chi connectivity index (χ1v) is 4.40. The molecule has 0 bridgehead atoms. The maximum Gasteiger partial charge on any atom is 0.0833 e. The second kappa shape index (κ2) is 7.32. The van der Waals surface area contributed by atoms with Crippen LogP contribution in [-0.2, 0) is 9.47 Å². The van der Waals surface area contributed by atoms with E-state index in [-0.39, 0.29) is 12.2 Å². The van der Waals surface area contributed by atoms with Crippen LogP contribution in [0.25, 0.3) is 0 Å². The first kappa shape index (κ1) is 11.7. The van der Waals surface area contributed by atoms with Crippen LogP contribution in [0.15, 0.2) is 6.58 Å². The van der Waals surface area contributed by atoms with E-state index in [2.05, 4.69) is 12.7 Å². The molecule has 0 aromatic rings. The zero-order valence-corrected chi connectivity index (χ0v) is 8.30. The highest BCUT2D eigenvalue weighted by molar-refractivity contribution is 4.69. The van der Waals surface area contributed by atoms with Gasteiger partial charge in [-0.05, 0) is 26.7 Å². The van der Waals surface area contributed by atoms with Crippen molar-refractivity contribution in [3.63, 3.8) is 0 Å². The number of methoxy groups -OCH3 is 1. The quantitative estimate of drug-likeness (QED) is 0.584. The molecule has 0 N–H and O–H groups in total. The van der Waals surface area contributed by atoms with E-state index in [1.54, 1.807) is 7.11 Å². The lowest BCUT2D eigenvalue weighted by Crippen LogP contribution is -2.27. The topological polar surface area (TPSA) is 18.5 Å². The Bertz CT molecular complexity index is 112. The van der Waals surface area contributed by atoms with E-state index in [4.69, 9.17) is 9.47 Å². The van der Waals surface area contributed by atoms with Gasteiger partial charge in [-0.25, -0.2) is 0 Å². The van der Waals surface area contributed by atoms with Gasteiger partial charge in [-0.1, -0.05) is 12.7 Å². The molecule has 0 amide bonds. The summed E-state index contributed by atoms with van der Waals surface area (Å²) >= 11 is 0. The molecule has 0 spiro atoms. The summed E-state index contributed by atoms with van der Waals surface area (Å²) in [6.45, 7) is 8.30. The summed E-state index contributed by atoms with van der Waals surface area (Å²) in [6.07, 6.45) is 4.96. The summed E-state index contributed by atoms with van der Waals surface area (Å²) < 4.78 is 10.7. The molecule has 2 unspecified atom stereocenters. The maximum atomic E-state index is 5.42. The number of ether oxygens (including phenoxy) is 2. The Hall–Kier alpha value is -0.340. The average Bonchev–Trinajstić information content (AvgIpc) is 2.06. The van der Waals surface area contributed by atoms with Gasteiger partial charge in [0.2, 0.25) is 0 Å². The summed E-state index contributed by atoms with van der Waals surface area (Å²) in [5, 5.41) is 0. The van der Waals surface area contributed by atoms with Crippen molar-refractivity contribution in [1.82, 2.24) is 0 Å². The van der Waals surface area contributed by atoms with Crippen LogP contribution in [0.5, 0.6) is 0 Å². The van der Waals surface area contributed by atoms with Crippen molar-refractivity contribution in [2.45, 2.75) is 38.9 Å². The fraction of sp³-hybridized carbons (Fsp3) is 0.800. The lowest BCUT2D eigenvalue weighted by atomic mass is 10.1. The zero-order valence-electron chi connectivity index (χ0n) is 8.30. The largest absolute Gasteiger partial charge is 0.379 e. The van der Waals surface area contributed by atoms with Crippen molar-refractivity contribution in [1.29, 1.82) is 0 Å². The summed E-state index contributed by atoms with van der Waals surface area (Å²) in [5.41, 5.74) is 0. The first-order chi connectivity index (χ1) is 5.76. The van der Waals surface area contributed by atoms with Gasteiger partial charge in [-0.2, -0.15) is 0 Å². The van der Waals surface area contributed by atoms with Crippen molar-refractivity contribution < 1.29 is 9.47 Å². The molecule has 0 saturated carbocycles. The third-order valence-electron chi connectivity index (χ3n) is 1.86. The number of hydrogen-bond donors (Lipinski definition) is 0. The molecule has 71 valence electrons. The minimum absolute atomic E-state index is 0.161. The monoisotopic (exact) mass is 171 g/mol. The molecule has 0 aliphatic carbocycles. The Morgan fingerprint density at radius 1 is 1.50 bits per heavy atom. The van der Waals surface area contributed by atoms with Gasteiger partial charge in [-0.15, -0.1) is 0 Å². The van der Waals surface area contributed by atoms with Gasteiger partial charge < -0.3 is 9.47 Å². The molecule has 2 atom stereocenters. The third-order valence-corrected chi connectivity index (χ3v) is 1.86. The molecule has 0 saturated heterocycles. The second-order valence-electron chi connectivity index (χ2n) is 2.72. The Morgan fingerprint density at radius 2 is 2.17 bits per heavy atom. The van der Waals surface area contributed by atoms with Crippen LogP contribution in [-0.4, -0.2) is 25.9 Å².